The highest BCUT2D eigenvalue weighted by atomic mass is 19.1. The first kappa shape index (κ1) is 16.5. The van der Waals surface area contributed by atoms with E-state index in [0.29, 0.717) is 17.0 Å². The summed E-state index contributed by atoms with van der Waals surface area (Å²) in [5.41, 5.74) is 0.939. The van der Waals surface area contributed by atoms with Crippen molar-refractivity contribution in [3.05, 3.63) is 59.9 Å². The van der Waals surface area contributed by atoms with E-state index >= 15 is 0 Å². The minimum Gasteiger partial charge on any atom is -0.497 e. The van der Waals surface area contributed by atoms with Gasteiger partial charge in [-0.25, -0.2) is 4.39 Å². The highest BCUT2D eigenvalue weighted by Gasteiger charge is 2.10. The Kier molecular flexibility index (Phi) is 5.68. The Morgan fingerprint density at radius 2 is 1.74 bits per heavy atom. The molecule has 0 heterocycles. The molecule has 0 bridgehead atoms. The minimum atomic E-state index is -0.473. The third kappa shape index (κ3) is 5.10. The number of amides is 2. The van der Waals surface area contributed by atoms with Crippen molar-refractivity contribution < 1.29 is 18.7 Å². The third-order valence-electron chi connectivity index (χ3n) is 3.13. The van der Waals surface area contributed by atoms with Crippen LogP contribution in [0.1, 0.15) is 12.0 Å². The molecule has 0 saturated heterocycles. The van der Waals surface area contributed by atoms with Gasteiger partial charge in [0, 0.05) is 17.8 Å². The maximum absolute atomic E-state index is 13.4. The summed E-state index contributed by atoms with van der Waals surface area (Å²) in [7, 11) is 1.55. The van der Waals surface area contributed by atoms with Crippen molar-refractivity contribution in [3.8, 4) is 5.75 Å². The van der Waals surface area contributed by atoms with Crippen LogP contribution >= 0.6 is 0 Å². The lowest BCUT2D eigenvalue weighted by Gasteiger charge is -2.08. The van der Waals surface area contributed by atoms with Gasteiger partial charge in [0.1, 0.15) is 18.0 Å². The van der Waals surface area contributed by atoms with Crippen LogP contribution < -0.4 is 15.4 Å². The SMILES string of the molecule is COc1ccc(NC(=O)CC(=O)NCc2ccccc2F)cc1. The molecule has 0 radical (unpaired) electrons. The number of rotatable bonds is 6. The van der Waals surface area contributed by atoms with E-state index in [0.717, 1.165) is 0 Å². The second-order valence-electron chi connectivity index (χ2n) is 4.82. The molecule has 2 aromatic carbocycles. The highest BCUT2D eigenvalue weighted by Crippen LogP contribution is 2.15. The lowest BCUT2D eigenvalue weighted by Crippen LogP contribution is -2.28. The highest BCUT2D eigenvalue weighted by molar-refractivity contribution is 6.03. The molecule has 2 rings (SSSR count). The second-order valence-corrected chi connectivity index (χ2v) is 4.82. The largest absolute Gasteiger partial charge is 0.497 e. The van der Waals surface area contributed by atoms with Crippen LogP contribution in [0.2, 0.25) is 0 Å². The lowest BCUT2D eigenvalue weighted by atomic mass is 10.2. The summed E-state index contributed by atoms with van der Waals surface area (Å²) in [6.07, 6.45) is -0.333. The summed E-state index contributed by atoms with van der Waals surface area (Å²) >= 11 is 0. The van der Waals surface area contributed by atoms with Crippen LogP contribution in [0.25, 0.3) is 0 Å². The average molecular weight is 316 g/mol. The van der Waals surface area contributed by atoms with Gasteiger partial charge >= 0.3 is 0 Å². The normalized spacial score (nSPS) is 10.0. The molecule has 0 fully saturated rings. The average Bonchev–Trinajstić information content (AvgIpc) is 2.54. The molecular formula is C17H17FN2O3. The maximum atomic E-state index is 13.4. The molecule has 5 nitrogen and oxygen atoms in total. The van der Waals surface area contributed by atoms with Crippen LogP contribution in [-0.4, -0.2) is 18.9 Å². The number of carbonyl (C=O) groups excluding carboxylic acids is 2. The summed E-state index contributed by atoms with van der Waals surface area (Å²) in [6, 6.07) is 12.9. The van der Waals surface area contributed by atoms with Crippen molar-refractivity contribution in [2.24, 2.45) is 0 Å². The van der Waals surface area contributed by atoms with Crippen molar-refractivity contribution in [2.45, 2.75) is 13.0 Å². The van der Waals surface area contributed by atoms with E-state index in [-0.39, 0.29) is 13.0 Å². The zero-order valence-electron chi connectivity index (χ0n) is 12.6. The zero-order chi connectivity index (χ0) is 16.7. The maximum Gasteiger partial charge on any atom is 0.233 e. The van der Waals surface area contributed by atoms with E-state index in [9.17, 15) is 14.0 Å². The van der Waals surface area contributed by atoms with Crippen LogP contribution in [0.3, 0.4) is 0 Å². The molecule has 0 atom stereocenters. The summed E-state index contributed by atoms with van der Waals surface area (Å²) in [5.74, 6) is -0.637. The van der Waals surface area contributed by atoms with Gasteiger partial charge in [0.05, 0.1) is 7.11 Å². The number of methoxy groups -OCH3 is 1. The number of hydrogen-bond donors (Lipinski definition) is 2. The minimum absolute atomic E-state index is 0.0430. The van der Waals surface area contributed by atoms with Gasteiger partial charge in [0.15, 0.2) is 0 Å². The Labute approximate surface area is 133 Å². The summed E-state index contributed by atoms with van der Waals surface area (Å²) in [6.45, 7) is 0.0430. The molecule has 6 heteroatoms. The van der Waals surface area contributed by atoms with E-state index < -0.39 is 17.6 Å². The number of halogens is 1. The molecular weight excluding hydrogens is 299 g/mol. The van der Waals surface area contributed by atoms with Gasteiger partial charge < -0.3 is 15.4 Å². The van der Waals surface area contributed by atoms with Gasteiger partial charge in [0.2, 0.25) is 11.8 Å². The summed E-state index contributed by atoms with van der Waals surface area (Å²) in [5, 5.41) is 5.12. The molecule has 0 aliphatic carbocycles. The van der Waals surface area contributed by atoms with Crippen LogP contribution in [0, 0.1) is 5.82 Å². The Morgan fingerprint density at radius 3 is 2.39 bits per heavy atom. The number of hydrogen-bond acceptors (Lipinski definition) is 3. The Bertz CT molecular complexity index is 686. The van der Waals surface area contributed by atoms with Gasteiger partial charge in [-0.1, -0.05) is 18.2 Å². The molecule has 0 spiro atoms. The first-order valence-corrected chi connectivity index (χ1v) is 7.02. The fourth-order valence-corrected chi connectivity index (χ4v) is 1.92. The van der Waals surface area contributed by atoms with E-state index in [4.69, 9.17) is 4.74 Å². The van der Waals surface area contributed by atoms with Crippen molar-refractivity contribution in [2.75, 3.05) is 12.4 Å². The van der Waals surface area contributed by atoms with Crippen molar-refractivity contribution in [1.29, 1.82) is 0 Å². The van der Waals surface area contributed by atoms with E-state index in [1.807, 2.05) is 0 Å². The van der Waals surface area contributed by atoms with Crippen molar-refractivity contribution in [3.63, 3.8) is 0 Å². The van der Waals surface area contributed by atoms with Gasteiger partial charge in [-0.2, -0.15) is 0 Å². The predicted octanol–water partition coefficient (Wildman–Crippen LogP) is 2.48. The van der Waals surface area contributed by atoms with Crippen molar-refractivity contribution in [1.82, 2.24) is 5.32 Å². The monoisotopic (exact) mass is 316 g/mol. The number of benzene rings is 2. The topological polar surface area (TPSA) is 67.4 Å². The van der Waals surface area contributed by atoms with Gasteiger partial charge in [-0.15, -0.1) is 0 Å². The lowest BCUT2D eigenvalue weighted by molar-refractivity contribution is -0.126. The van der Waals surface area contributed by atoms with Crippen LogP contribution in [-0.2, 0) is 16.1 Å². The van der Waals surface area contributed by atoms with Crippen LogP contribution in [0.5, 0.6) is 5.75 Å². The summed E-state index contributed by atoms with van der Waals surface area (Å²) < 4.78 is 18.4. The first-order valence-electron chi connectivity index (χ1n) is 7.02. The molecule has 2 aromatic rings. The quantitative estimate of drug-likeness (QED) is 0.805. The molecule has 0 unspecified atom stereocenters. The van der Waals surface area contributed by atoms with Crippen molar-refractivity contribution >= 4 is 17.5 Å². The Balaban J connectivity index is 1.80. The molecule has 0 aromatic heterocycles. The molecule has 0 aliphatic heterocycles. The van der Waals surface area contributed by atoms with Crippen LogP contribution in [0.15, 0.2) is 48.5 Å². The van der Waals surface area contributed by atoms with Gasteiger partial charge in [-0.05, 0) is 30.3 Å². The molecule has 23 heavy (non-hydrogen) atoms. The molecule has 0 aliphatic rings. The predicted molar refractivity (Wildman–Crippen MR) is 84.5 cm³/mol. The van der Waals surface area contributed by atoms with E-state index in [2.05, 4.69) is 10.6 Å². The molecule has 120 valence electrons. The van der Waals surface area contributed by atoms with E-state index in [1.54, 1.807) is 49.6 Å². The Hall–Kier alpha value is -2.89. The van der Waals surface area contributed by atoms with Gasteiger partial charge in [-0.3, -0.25) is 9.59 Å². The number of carbonyl (C=O) groups is 2. The molecule has 0 saturated carbocycles. The zero-order valence-corrected chi connectivity index (χ0v) is 12.6. The number of nitrogens with one attached hydrogen (secondary N) is 2. The fourth-order valence-electron chi connectivity index (χ4n) is 1.92. The Morgan fingerprint density at radius 1 is 1.04 bits per heavy atom. The number of anilines is 1. The molecule has 2 N–H and O–H groups in total. The van der Waals surface area contributed by atoms with Gasteiger partial charge in [0.25, 0.3) is 0 Å². The number of ether oxygens (including phenoxy) is 1. The van der Waals surface area contributed by atoms with Crippen LogP contribution in [0.4, 0.5) is 10.1 Å². The summed E-state index contributed by atoms with van der Waals surface area (Å²) in [4.78, 5) is 23.5. The third-order valence-corrected chi connectivity index (χ3v) is 3.13. The fraction of sp³-hybridized carbons (Fsp3) is 0.176. The second kappa shape index (κ2) is 7.93. The first-order chi connectivity index (χ1) is 11.1. The molecule has 2 amide bonds. The standard InChI is InChI=1S/C17H17FN2O3/c1-23-14-8-6-13(7-9-14)20-17(22)10-16(21)19-11-12-4-2-3-5-15(12)18/h2-9H,10-11H2,1H3,(H,19,21)(H,20,22). The smallest absolute Gasteiger partial charge is 0.233 e. The van der Waals surface area contributed by atoms with E-state index in [1.165, 1.54) is 6.07 Å².